The van der Waals surface area contributed by atoms with Gasteiger partial charge in [0.05, 0.1) is 0 Å². The first-order chi connectivity index (χ1) is 8.00. The zero-order valence-corrected chi connectivity index (χ0v) is 11.7. The van der Waals surface area contributed by atoms with Crippen molar-refractivity contribution in [3.05, 3.63) is 34.9 Å². The molecule has 2 rings (SSSR count). The van der Waals surface area contributed by atoms with E-state index >= 15 is 0 Å². The Kier molecular flexibility index (Phi) is 3.79. The Morgan fingerprint density at radius 2 is 2.06 bits per heavy atom. The Hall–Kier alpha value is -0.530. The van der Waals surface area contributed by atoms with Gasteiger partial charge in [0, 0.05) is 17.1 Å². The molecule has 0 aliphatic heterocycles. The molecule has 1 aromatic carbocycles. The van der Waals surface area contributed by atoms with E-state index in [4.69, 9.17) is 11.6 Å². The van der Waals surface area contributed by atoms with Gasteiger partial charge in [-0.3, -0.25) is 0 Å². The molecule has 17 heavy (non-hydrogen) atoms. The van der Waals surface area contributed by atoms with Gasteiger partial charge in [-0.05, 0) is 36.8 Å². The summed E-state index contributed by atoms with van der Waals surface area (Å²) in [7, 11) is 0. The Morgan fingerprint density at radius 1 is 1.35 bits per heavy atom. The van der Waals surface area contributed by atoms with Gasteiger partial charge in [0.2, 0.25) is 0 Å². The summed E-state index contributed by atoms with van der Waals surface area (Å²) in [5.41, 5.74) is 1.62. The third kappa shape index (κ3) is 2.83. The minimum atomic E-state index is 0.325. The van der Waals surface area contributed by atoms with E-state index in [1.165, 1.54) is 24.8 Å². The highest BCUT2D eigenvalue weighted by Crippen LogP contribution is 2.38. The fraction of sp³-hybridized carbons (Fsp3) is 0.600. The first kappa shape index (κ1) is 12.9. The Balaban J connectivity index is 2.07. The Morgan fingerprint density at radius 3 is 2.65 bits per heavy atom. The van der Waals surface area contributed by atoms with Crippen LogP contribution in [0.25, 0.3) is 0 Å². The van der Waals surface area contributed by atoms with Crippen LogP contribution in [0, 0.1) is 5.41 Å². The molecule has 1 fully saturated rings. The van der Waals surface area contributed by atoms with Gasteiger partial charge in [0.1, 0.15) is 0 Å². The maximum atomic E-state index is 6.24. The summed E-state index contributed by atoms with van der Waals surface area (Å²) in [5.74, 6) is 0. The van der Waals surface area contributed by atoms with E-state index in [1.54, 1.807) is 0 Å². The van der Waals surface area contributed by atoms with Crippen molar-refractivity contribution in [2.75, 3.05) is 0 Å². The van der Waals surface area contributed by atoms with Crippen molar-refractivity contribution < 1.29 is 0 Å². The van der Waals surface area contributed by atoms with Gasteiger partial charge in [0.15, 0.2) is 0 Å². The molecule has 1 N–H and O–H groups in total. The van der Waals surface area contributed by atoms with Gasteiger partial charge < -0.3 is 5.32 Å². The van der Waals surface area contributed by atoms with Crippen molar-refractivity contribution in [3.63, 3.8) is 0 Å². The van der Waals surface area contributed by atoms with Crippen LogP contribution in [0.2, 0.25) is 5.02 Å². The molecule has 1 aliphatic rings. The molecule has 0 amide bonds. The van der Waals surface area contributed by atoms with Crippen molar-refractivity contribution in [2.45, 2.75) is 52.1 Å². The molecule has 0 saturated heterocycles. The highest BCUT2D eigenvalue weighted by molar-refractivity contribution is 6.31. The summed E-state index contributed by atoms with van der Waals surface area (Å²) in [6, 6.07) is 9.05. The second-order valence-electron chi connectivity index (χ2n) is 5.84. The average Bonchev–Trinajstić information content (AvgIpc) is 2.59. The minimum absolute atomic E-state index is 0.325. The van der Waals surface area contributed by atoms with Gasteiger partial charge in [-0.2, -0.15) is 0 Å². The van der Waals surface area contributed by atoms with E-state index in [0.717, 1.165) is 5.02 Å². The van der Waals surface area contributed by atoms with Crippen molar-refractivity contribution >= 4 is 11.6 Å². The quantitative estimate of drug-likeness (QED) is 0.830. The molecule has 2 unspecified atom stereocenters. The van der Waals surface area contributed by atoms with E-state index in [-0.39, 0.29) is 0 Å². The normalized spacial score (nSPS) is 24.8. The standard InChI is InChI=1S/C15H22ClN/c1-11(12-7-4-5-8-13(12)16)17-14-9-6-10-15(14,2)3/h4-5,7-8,11,14,17H,6,9-10H2,1-3H3. The van der Waals surface area contributed by atoms with E-state index < -0.39 is 0 Å². The average molecular weight is 252 g/mol. The smallest absolute Gasteiger partial charge is 0.0453 e. The highest BCUT2D eigenvalue weighted by atomic mass is 35.5. The van der Waals surface area contributed by atoms with E-state index in [1.807, 2.05) is 12.1 Å². The lowest BCUT2D eigenvalue weighted by molar-refractivity contribution is 0.266. The fourth-order valence-corrected chi connectivity index (χ4v) is 3.15. The van der Waals surface area contributed by atoms with Crippen LogP contribution in [-0.2, 0) is 0 Å². The van der Waals surface area contributed by atoms with Crippen LogP contribution in [0.3, 0.4) is 0 Å². The van der Waals surface area contributed by atoms with E-state index in [2.05, 4.69) is 38.2 Å². The second kappa shape index (κ2) is 4.99. The van der Waals surface area contributed by atoms with E-state index in [9.17, 15) is 0 Å². The van der Waals surface area contributed by atoms with Crippen LogP contribution in [0.1, 0.15) is 51.6 Å². The third-order valence-electron chi connectivity index (χ3n) is 4.08. The summed E-state index contributed by atoms with van der Waals surface area (Å²) < 4.78 is 0. The first-order valence-electron chi connectivity index (χ1n) is 6.51. The summed E-state index contributed by atoms with van der Waals surface area (Å²) in [6.07, 6.45) is 3.93. The maximum absolute atomic E-state index is 6.24. The van der Waals surface area contributed by atoms with E-state index in [0.29, 0.717) is 17.5 Å². The zero-order chi connectivity index (χ0) is 12.5. The van der Waals surface area contributed by atoms with Gasteiger partial charge >= 0.3 is 0 Å². The molecule has 1 aromatic rings. The summed E-state index contributed by atoms with van der Waals surface area (Å²) in [4.78, 5) is 0. The topological polar surface area (TPSA) is 12.0 Å². The van der Waals surface area contributed by atoms with Crippen LogP contribution in [-0.4, -0.2) is 6.04 Å². The number of rotatable bonds is 3. The third-order valence-corrected chi connectivity index (χ3v) is 4.42. The predicted molar refractivity (Wildman–Crippen MR) is 74.4 cm³/mol. The molecule has 0 radical (unpaired) electrons. The van der Waals surface area contributed by atoms with Gasteiger partial charge in [-0.15, -0.1) is 0 Å². The van der Waals surface area contributed by atoms with Gasteiger partial charge in [-0.25, -0.2) is 0 Å². The molecule has 0 bridgehead atoms. The summed E-state index contributed by atoms with van der Waals surface area (Å²) in [6.45, 7) is 6.92. The Bertz CT molecular complexity index is 386. The molecule has 0 heterocycles. The number of nitrogens with one attached hydrogen (secondary N) is 1. The minimum Gasteiger partial charge on any atom is -0.307 e. The van der Waals surface area contributed by atoms with Crippen molar-refractivity contribution in [3.8, 4) is 0 Å². The second-order valence-corrected chi connectivity index (χ2v) is 6.25. The molecule has 0 aromatic heterocycles. The molecule has 2 atom stereocenters. The number of halogens is 1. The van der Waals surface area contributed by atoms with Crippen molar-refractivity contribution in [1.82, 2.24) is 5.32 Å². The molecule has 2 heteroatoms. The van der Waals surface area contributed by atoms with Gasteiger partial charge in [0.25, 0.3) is 0 Å². The van der Waals surface area contributed by atoms with Crippen LogP contribution >= 0.6 is 11.6 Å². The first-order valence-corrected chi connectivity index (χ1v) is 6.89. The Labute approximate surface area is 110 Å². The number of hydrogen-bond donors (Lipinski definition) is 1. The lowest BCUT2D eigenvalue weighted by Gasteiger charge is -2.31. The number of hydrogen-bond acceptors (Lipinski definition) is 1. The lowest BCUT2D eigenvalue weighted by Crippen LogP contribution is -2.39. The summed E-state index contributed by atoms with van der Waals surface area (Å²) >= 11 is 6.24. The molecule has 94 valence electrons. The SMILES string of the molecule is CC(NC1CCCC1(C)C)c1ccccc1Cl. The highest BCUT2D eigenvalue weighted by Gasteiger charge is 2.35. The van der Waals surface area contributed by atoms with Crippen LogP contribution in [0.5, 0.6) is 0 Å². The lowest BCUT2D eigenvalue weighted by atomic mass is 9.86. The number of benzene rings is 1. The van der Waals surface area contributed by atoms with Crippen LogP contribution in [0.15, 0.2) is 24.3 Å². The monoisotopic (exact) mass is 251 g/mol. The fourth-order valence-electron chi connectivity index (χ4n) is 2.85. The predicted octanol–water partition coefficient (Wildman–Crippen LogP) is 4.57. The molecular formula is C15H22ClN. The molecule has 0 spiro atoms. The van der Waals surface area contributed by atoms with Crippen molar-refractivity contribution in [1.29, 1.82) is 0 Å². The molecule has 1 nitrogen and oxygen atoms in total. The molecule has 1 aliphatic carbocycles. The summed E-state index contributed by atoms with van der Waals surface area (Å²) in [5, 5.41) is 4.61. The largest absolute Gasteiger partial charge is 0.307 e. The van der Waals surface area contributed by atoms with Gasteiger partial charge in [-0.1, -0.05) is 50.1 Å². The van der Waals surface area contributed by atoms with Crippen molar-refractivity contribution in [2.24, 2.45) is 5.41 Å². The zero-order valence-electron chi connectivity index (χ0n) is 11.0. The van der Waals surface area contributed by atoms with Crippen LogP contribution in [0.4, 0.5) is 0 Å². The maximum Gasteiger partial charge on any atom is 0.0453 e. The molecular weight excluding hydrogens is 230 g/mol. The van der Waals surface area contributed by atoms with Crippen LogP contribution < -0.4 is 5.32 Å². The molecule has 1 saturated carbocycles.